The fourth-order valence-corrected chi connectivity index (χ4v) is 1.07. The number of methoxy groups -OCH3 is 1. The van der Waals surface area contributed by atoms with Gasteiger partial charge in [-0.1, -0.05) is 0 Å². The van der Waals surface area contributed by atoms with Gasteiger partial charge >= 0.3 is 6.18 Å². The lowest BCUT2D eigenvalue weighted by Crippen LogP contribution is -2.41. The zero-order valence-electron chi connectivity index (χ0n) is 9.03. The maximum atomic E-state index is 12.3. The monoisotopic (exact) mass is 213 g/mol. The molecule has 86 valence electrons. The average Bonchev–Trinajstić information content (AvgIpc) is 2.03. The minimum atomic E-state index is -4.18. The van der Waals surface area contributed by atoms with Crippen LogP contribution in [0.15, 0.2) is 0 Å². The number of alkyl halides is 3. The summed E-state index contributed by atoms with van der Waals surface area (Å²) in [6, 6.07) is -1.45. The molecule has 0 aliphatic heterocycles. The summed E-state index contributed by atoms with van der Waals surface area (Å²) in [6.07, 6.45) is -3.78. The Hall–Kier alpha value is -0.290. The highest BCUT2D eigenvalue weighted by Crippen LogP contribution is 2.26. The molecule has 0 aromatic heterocycles. The Kier molecular flexibility index (Phi) is 4.88. The van der Waals surface area contributed by atoms with E-state index in [-0.39, 0.29) is 6.42 Å². The van der Waals surface area contributed by atoms with E-state index < -0.39 is 17.8 Å². The molecule has 0 fully saturated rings. The molecule has 2 nitrogen and oxygen atoms in total. The van der Waals surface area contributed by atoms with Gasteiger partial charge in [-0.05, 0) is 33.7 Å². The van der Waals surface area contributed by atoms with Crippen LogP contribution in [-0.4, -0.2) is 32.0 Å². The Morgan fingerprint density at radius 3 is 2.07 bits per heavy atom. The number of halogens is 3. The number of nitrogens with one attached hydrogen (secondary N) is 1. The van der Waals surface area contributed by atoms with Crippen LogP contribution in [0.2, 0.25) is 0 Å². The number of hydrogen-bond donors (Lipinski definition) is 1. The zero-order valence-corrected chi connectivity index (χ0v) is 9.03. The molecule has 0 amide bonds. The topological polar surface area (TPSA) is 21.3 Å². The van der Waals surface area contributed by atoms with Crippen LogP contribution in [0.1, 0.15) is 26.7 Å². The van der Waals surface area contributed by atoms with Gasteiger partial charge in [-0.2, -0.15) is 13.2 Å². The summed E-state index contributed by atoms with van der Waals surface area (Å²) in [4.78, 5) is 0. The standard InChI is InChI=1S/C9H18F3NO/c1-8(2,14-4)6-5-7(13-3)9(10,11)12/h7,13H,5-6H2,1-4H3. The van der Waals surface area contributed by atoms with E-state index in [1.54, 1.807) is 13.8 Å². The van der Waals surface area contributed by atoms with E-state index in [1.165, 1.54) is 14.2 Å². The lowest BCUT2D eigenvalue weighted by molar-refractivity contribution is -0.158. The maximum Gasteiger partial charge on any atom is 0.403 e. The quantitative estimate of drug-likeness (QED) is 0.756. The molecule has 0 radical (unpaired) electrons. The van der Waals surface area contributed by atoms with Crippen LogP contribution < -0.4 is 5.32 Å². The van der Waals surface area contributed by atoms with Crippen LogP contribution in [0, 0.1) is 0 Å². The molecule has 5 heteroatoms. The van der Waals surface area contributed by atoms with Crippen LogP contribution >= 0.6 is 0 Å². The second-order valence-electron chi connectivity index (χ2n) is 3.89. The number of hydrogen-bond acceptors (Lipinski definition) is 2. The van der Waals surface area contributed by atoms with Crippen molar-refractivity contribution in [2.45, 2.75) is 44.5 Å². The molecule has 14 heavy (non-hydrogen) atoms. The third-order valence-corrected chi connectivity index (χ3v) is 2.33. The summed E-state index contributed by atoms with van der Waals surface area (Å²) in [5, 5.41) is 2.26. The minimum Gasteiger partial charge on any atom is -0.379 e. The lowest BCUT2D eigenvalue weighted by Gasteiger charge is -2.26. The van der Waals surface area contributed by atoms with Crippen LogP contribution in [0.4, 0.5) is 13.2 Å². The molecule has 0 bridgehead atoms. The van der Waals surface area contributed by atoms with Crippen molar-refractivity contribution in [2.75, 3.05) is 14.2 Å². The van der Waals surface area contributed by atoms with Gasteiger partial charge in [0.05, 0.1) is 5.60 Å². The molecular formula is C9H18F3NO. The Morgan fingerprint density at radius 2 is 1.79 bits per heavy atom. The summed E-state index contributed by atoms with van der Waals surface area (Å²) in [5.41, 5.74) is -0.500. The summed E-state index contributed by atoms with van der Waals surface area (Å²) in [5.74, 6) is 0. The van der Waals surface area contributed by atoms with Crippen molar-refractivity contribution in [3.63, 3.8) is 0 Å². The molecular weight excluding hydrogens is 195 g/mol. The Labute approximate surface area is 82.8 Å². The molecule has 1 N–H and O–H groups in total. The maximum absolute atomic E-state index is 12.3. The van der Waals surface area contributed by atoms with Gasteiger partial charge in [0.1, 0.15) is 6.04 Å². The Balaban J connectivity index is 4.10. The van der Waals surface area contributed by atoms with E-state index in [0.29, 0.717) is 6.42 Å². The lowest BCUT2D eigenvalue weighted by atomic mass is 9.99. The number of ether oxygens (including phenoxy) is 1. The van der Waals surface area contributed by atoms with E-state index >= 15 is 0 Å². The largest absolute Gasteiger partial charge is 0.403 e. The molecule has 0 aliphatic carbocycles. The highest BCUT2D eigenvalue weighted by atomic mass is 19.4. The van der Waals surface area contributed by atoms with Crippen LogP contribution in [-0.2, 0) is 4.74 Å². The molecule has 0 rings (SSSR count). The SMILES string of the molecule is CNC(CCC(C)(C)OC)C(F)(F)F. The zero-order chi connectivity index (χ0) is 11.4. The van der Waals surface area contributed by atoms with E-state index in [0.717, 1.165) is 0 Å². The van der Waals surface area contributed by atoms with Crippen molar-refractivity contribution in [1.29, 1.82) is 0 Å². The third-order valence-electron chi connectivity index (χ3n) is 2.33. The third kappa shape index (κ3) is 4.81. The van der Waals surface area contributed by atoms with E-state index in [9.17, 15) is 13.2 Å². The molecule has 0 saturated carbocycles. The van der Waals surface area contributed by atoms with Crippen molar-refractivity contribution in [2.24, 2.45) is 0 Å². The van der Waals surface area contributed by atoms with Gasteiger partial charge in [-0.3, -0.25) is 0 Å². The predicted molar refractivity (Wildman–Crippen MR) is 49.2 cm³/mol. The van der Waals surface area contributed by atoms with Crippen molar-refractivity contribution >= 4 is 0 Å². The molecule has 0 aromatic rings. The molecule has 0 spiro atoms. The van der Waals surface area contributed by atoms with Gasteiger partial charge in [0, 0.05) is 7.11 Å². The van der Waals surface area contributed by atoms with Crippen LogP contribution in [0.5, 0.6) is 0 Å². The van der Waals surface area contributed by atoms with Gasteiger partial charge in [0.2, 0.25) is 0 Å². The van der Waals surface area contributed by atoms with Gasteiger partial charge in [0.25, 0.3) is 0 Å². The van der Waals surface area contributed by atoms with Crippen molar-refractivity contribution in [3.8, 4) is 0 Å². The van der Waals surface area contributed by atoms with E-state index in [4.69, 9.17) is 4.74 Å². The molecule has 0 heterocycles. The van der Waals surface area contributed by atoms with Crippen LogP contribution in [0.25, 0.3) is 0 Å². The molecule has 0 saturated heterocycles. The van der Waals surface area contributed by atoms with Crippen molar-refractivity contribution < 1.29 is 17.9 Å². The summed E-state index contributed by atoms with van der Waals surface area (Å²) in [6.45, 7) is 3.55. The molecule has 1 unspecified atom stereocenters. The second kappa shape index (κ2) is 4.98. The Morgan fingerprint density at radius 1 is 1.29 bits per heavy atom. The average molecular weight is 213 g/mol. The van der Waals surface area contributed by atoms with E-state index in [1.807, 2.05) is 0 Å². The summed E-state index contributed by atoms with van der Waals surface area (Å²) < 4.78 is 41.9. The minimum absolute atomic E-state index is 0.0286. The van der Waals surface area contributed by atoms with Gasteiger partial charge in [-0.25, -0.2) is 0 Å². The first-order chi connectivity index (χ1) is 6.23. The van der Waals surface area contributed by atoms with E-state index in [2.05, 4.69) is 5.32 Å². The molecule has 1 atom stereocenters. The fourth-order valence-electron chi connectivity index (χ4n) is 1.07. The fraction of sp³-hybridized carbons (Fsp3) is 1.00. The van der Waals surface area contributed by atoms with Gasteiger partial charge in [0.15, 0.2) is 0 Å². The van der Waals surface area contributed by atoms with Gasteiger partial charge in [-0.15, -0.1) is 0 Å². The van der Waals surface area contributed by atoms with Crippen molar-refractivity contribution in [1.82, 2.24) is 5.32 Å². The molecule has 0 aliphatic rings. The first kappa shape index (κ1) is 13.7. The highest BCUT2D eigenvalue weighted by molar-refractivity contribution is 4.78. The second-order valence-corrected chi connectivity index (χ2v) is 3.89. The first-order valence-electron chi connectivity index (χ1n) is 4.52. The smallest absolute Gasteiger partial charge is 0.379 e. The normalized spacial score (nSPS) is 15.6. The predicted octanol–water partition coefficient (Wildman–Crippen LogP) is 2.34. The Bertz CT molecular complexity index is 168. The van der Waals surface area contributed by atoms with Gasteiger partial charge < -0.3 is 10.1 Å². The molecule has 0 aromatic carbocycles. The summed E-state index contributed by atoms with van der Waals surface area (Å²) >= 11 is 0. The highest BCUT2D eigenvalue weighted by Gasteiger charge is 2.38. The number of rotatable bonds is 5. The van der Waals surface area contributed by atoms with Crippen LogP contribution in [0.3, 0.4) is 0 Å². The summed E-state index contributed by atoms with van der Waals surface area (Å²) in [7, 11) is 2.82. The first-order valence-corrected chi connectivity index (χ1v) is 4.52. The van der Waals surface area contributed by atoms with Crippen molar-refractivity contribution in [3.05, 3.63) is 0 Å².